The van der Waals surface area contributed by atoms with Crippen molar-refractivity contribution in [3.8, 4) is 0 Å². The number of carbonyl (C=O) groups is 2. The first-order valence-corrected chi connectivity index (χ1v) is 11.3. The number of piperidine rings is 1. The average Bonchev–Trinajstić information content (AvgIpc) is 2.77. The first-order chi connectivity index (χ1) is 14.8. The molecule has 2 amide bonds. The van der Waals surface area contributed by atoms with Crippen LogP contribution < -0.4 is 10.6 Å². The first kappa shape index (κ1) is 23.0. The van der Waals surface area contributed by atoms with E-state index in [9.17, 15) is 9.59 Å². The molecule has 0 atom stereocenters. The molecule has 5 heteroatoms. The molecule has 0 bridgehead atoms. The van der Waals surface area contributed by atoms with Gasteiger partial charge in [0.25, 0.3) is 5.91 Å². The second-order valence-electron chi connectivity index (χ2n) is 9.39. The fourth-order valence-corrected chi connectivity index (χ4v) is 3.88. The van der Waals surface area contributed by atoms with Crippen molar-refractivity contribution in [3.63, 3.8) is 0 Å². The highest BCUT2D eigenvalue weighted by molar-refractivity contribution is 5.96. The average molecular weight is 422 g/mol. The summed E-state index contributed by atoms with van der Waals surface area (Å²) in [7, 11) is 0. The van der Waals surface area contributed by atoms with Gasteiger partial charge in [0.15, 0.2) is 0 Å². The Labute approximate surface area is 186 Å². The highest BCUT2D eigenvalue weighted by Crippen LogP contribution is 2.22. The van der Waals surface area contributed by atoms with Gasteiger partial charge in [-0.25, -0.2) is 0 Å². The van der Waals surface area contributed by atoms with Gasteiger partial charge < -0.3 is 10.6 Å². The van der Waals surface area contributed by atoms with Gasteiger partial charge in [-0.2, -0.15) is 0 Å². The highest BCUT2D eigenvalue weighted by atomic mass is 16.2. The molecule has 5 nitrogen and oxygen atoms in total. The lowest BCUT2D eigenvalue weighted by Gasteiger charge is -2.27. The molecule has 0 aliphatic carbocycles. The third kappa shape index (κ3) is 6.93. The maximum absolute atomic E-state index is 12.4. The van der Waals surface area contributed by atoms with Crippen LogP contribution in [0.2, 0.25) is 0 Å². The van der Waals surface area contributed by atoms with E-state index in [-0.39, 0.29) is 23.8 Å². The molecule has 0 saturated carbocycles. The van der Waals surface area contributed by atoms with Crippen molar-refractivity contribution in [1.82, 2.24) is 15.5 Å². The number of hydrogen-bond acceptors (Lipinski definition) is 3. The quantitative estimate of drug-likeness (QED) is 0.710. The molecule has 2 N–H and O–H groups in total. The van der Waals surface area contributed by atoms with Crippen LogP contribution in [0.3, 0.4) is 0 Å². The Morgan fingerprint density at radius 3 is 2.16 bits per heavy atom. The third-order valence-corrected chi connectivity index (χ3v) is 5.86. The van der Waals surface area contributed by atoms with Crippen LogP contribution in [0.4, 0.5) is 0 Å². The van der Waals surface area contributed by atoms with Crippen LogP contribution in [0.1, 0.15) is 67.1 Å². The number of nitrogens with one attached hydrogen (secondary N) is 2. The lowest BCUT2D eigenvalue weighted by Crippen LogP contribution is -2.37. The zero-order chi connectivity index (χ0) is 22.3. The molecule has 0 aromatic heterocycles. The Balaban J connectivity index is 1.47. The number of carbonyl (C=O) groups excluding carboxylic acids is 2. The third-order valence-electron chi connectivity index (χ3n) is 5.86. The van der Waals surface area contributed by atoms with Gasteiger partial charge in [0.1, 0.15) is 0 Å². The van der Waals surface area contributed by atoms with Gasteiger partial charge in [-0.05, 0) is 60.2 Å². The zero-order valence-electron chi connectivity index (χ0n) is 19.0. The molecule has 2 aromatic carbocycles. The minimum Gasteiger partial charge on any atom is -0.350 e. The number of likely N-dealkylation sites (tertiary alicyclic amines) is 1. The SMILES string of the molecule is CC(C)(C)c1ccc(C(=O)NCC(=O)NCc2ccccc2CN2CCCCC2)cc1. The molecule has 3 rings (SSSR count). The maximum Gasteiger partial charge on any atom is 0.251 e. The summed E-state index contributed by atoms with van der Waals surface area (Å²) in [5, 5.41) is 5.65. The van der Waals surface area contributed by atoms with Crippen LogP contribution in [-0.2, 0) is 23.3 Å². The van der Waals surface area contributed by atoms with Gasteiger partial charge in [0.2, 0.25) is 5.91 Å². The fraction of sp³-hybridized carbons (Fsp3) is 0.462. The van der Waals surface area contributed by atoms with Crippen molar-refractivity contribution in [2.75, 3.05) is 19.6 Å². The summed E-state index contributed by atoms with van der Waals surface area (Å²) in [5.74, 6) is -0.423. The van der Waals surface area contributed by atoms with Crippen LogP contribution >= 0.6 is 0 Å². The van der Waals surface area contributed by atoms with Gasteiger partial charge in [-0.3, -0.25) is 14.5 Å². The summed E-state index contributed by atoms with van der Waals surface area (Å²) in [6, 6.07) is 15.8. The van der Waals surface area contributed by atoms with Gasteiger partial charge in [-0.15, -0.1) is 0 Å². The van der Waals surface area contributed by atoms with Gasteiger partial charge in [0, 0.05) is 18.7 Å². The van der Waals surface area contributed by atoms with Gasteiger partial charge >= 0.3 is 0 Å². The van der Waals surface area contributed by atoms with Crippen LogP contribution in [0.15, 0.2) is 48.5 Å². The maximum atomic E-state index is 12.4. The molecule has 1 heterocycles. The molecule has 31 heavy (non-hydrogen) atoms. The first-order valence-electron chi connectivity index (χ1n) is 11.3. The van der Waals surface area contributed by atoms with Gasteiger partial charge in [0.05, 0.1) is 6.54 Å². The molecule has 1 aliphatic heterocycles. The molecule has 1 fully saturated rings. The molecule has 0 radical (unpaired) electrons. The highest BCUT2D eigenvalue weighted by Gasteiger charge is 2.15. The van der Waals surface area contributed by atoms with Crippen LogP contribution in [0, 0.1) is 0 Å². The second-order valence-corrected chi connectivity index (χ2v) is 9.39. The van der Waals surface area contributed by atoms with Crippen molar-refractivity contribution in [1.29, 1.82) is 0 Å². The molecule has 0 spiro atoms. The van der Waals surface area contributed by atoms with E-state index in [1.54, 1.807) is 0 Å². The Hall–Kier alpha value is -2.66. The predicted octanol–water partition coefficient (Wildman–Crippen LogP) is 4.02. The van der Waals surface area contributed by atoms with E-state index in [2.05, 4.69) is 54.5 Å². The Morgan fingerprint density at radius 1 is 0.871 bits per heavy atom. The van der Waals surface area contributed by atoms with Crippen LogP contribution in [0.25, 0.3) is 0 Å². The number of benzene rings is 2. The fourth-order valence-electron chi connectivity index (χ4n) is 3.88. The summed E-state index contributed by atoms with van der Waals surface area (Å²) in [5.41, 5.74) is 4.16. The minimum absolute atomic E-state index is 0.0336. The normalized spacial score (nSPS) is 14.8. The Kier molecular flexibility index (Phi) is 7.85. The van der Waals surface area contributed by atoms with E-state index in [4.69, 9.17) is 0 Å². The number of amides is 2. The second kappa shape index (κ2) is 10.6. The van der Waals surface area contributed by atoms with Gasteiger partial charge in [-0.1, -0.05) is 63.6 Å². The van der Waals surface area contributed by atoms with E-state index in [0.717, 1.165) is 25.2 Å². The number of nitrogens with zero attached hydrogens (tertiary/aromatic N) is 1. The van der Waals surface area contributed by atoms with Crippen molar-refractivity contribution in [2.24, 2.45) is 0 Å². The van der Waals surface area contributed by atoms with Crippen molar-refractivity contribution in [2.45, 2.75) is 58.5 Å². The molecular weight excluding hydrogens is 386 g/mol. The van der Waals surface area contributed by atoms with E-state index < -0.39 is 0 Å². The standard InChI is InChI=1S/C26H35N3O2/c1-26(2,3)23-13-11-20(12-14-23)25(31)28-18-24(30)27-17-21-9-5-6-10-22(21)19-29-15-7-4-8-16-29/h5-6,9-14H,4,7-8,15-19H2,1-3H3,(H,27,30)(H,28,31). The number of hydrogen-bond donors (Lipinski definition) is 2. The van der Waals surface area contributed by atoms with E-state index in [1.165, 1.54) is 30.4 Å². The van der Waals surface area contributed by atoms with Crippen molar-refractivity contribution < 1.29 is 9.59 Å². The molecule has 166 valence electrons. The van der Waals surface area contributed by atoms with Crippen molar-refractivity contribution >= 4 is 11.8 Å². The molecule has 0 unspecified atom stereocenters. The van der Waals surface area contributed by atoms with Crippen molar-refractivity contribution in [3.05, 3.63) is 70.8 Å². The summed E-state index contributed by atoms with van der Waals surface area (Å²) < 4.78 is 0. The smallest absolute Gasteiger partial charge is 0.251 e. The summed E-state index contributed by atoms with van der Waals surface area (Å²) in [6.45, 7) is 10.1. The predicted molar refractivity (Wildman–Crippen MR) is 125 cm³/mol. The molecular formula is C26H35N3O2. The van der Waals surface area contributed by atoms with E-state index >= 15 is 0 Å². The zero-order valence-corrected chi connectivity index (χ0v) is 19.0. The minimum atomic E-state index is -0.235. The number of rotatable bonds is 7. The molecule has 2 aromatic rings. The van der Waals surface area contributed by atoms with E-state index in [1.807, 2.05) is 30.3 Å². The van der Waals surface area contributed by atoms with Crippen LogP contribution in [-0.4, -0.2) is 36.3 Å². The largest absolute Gasteiger partial charge is 0.350 e. The molecule has 1 saturated heterocycles. The summed E-state index contributed by atoms with van der Waals surface area (Å²) >= 11 is 0. The molecule has 1 aliphatic rings. The topological polar surface area (TPSA) is 61.4 Å². The van der Waals surface area contributed by atoms with Crippen LogP contribution in [0.5, 0.6) is 0 Å². The van der Waals surface area contributed by atoms with E-state index in [0.29, 0.717) is 12.1 Å². The lowest BCUT2D eigenvalue weighted by atomic mass is 9.87. The summed E-state index contributed by atoms with van der Waals surface area (Å²) in [4.78, 5) is 27.1. The monoisotopic (exact) mass is 421 g/mol. The summed E-state index contributed by atoms with van der Waals surface area (Å²) in [6.07, 6.45) is 3.84. The lowest BCUT2D eigenvalue weighted by molar-refractivity contribution is -0.120. The Bertz CT molecular complexity index is 878. The Morgan fingerprint density at radius 2 is 1.52 bits per heavy atom.